The van der Waals surface area contributed by atoms with Gasteiger partial charge in [0.05, 0.1) is 26.2 Å². The highest BCUT2D eigenvalue weighted by Crippen LogP contribution is 2.44. The minimum Gasteiger partial charge on any atom is -0.493 e. The molecule has 3 aromatic rings. The van der Waals surface area contributed by atoms with E-state index in [9.17, 15) is 4.79 Å². The Morgan fingerprint density at radius 3 is 2.22 bits per heavy atom. The summed E-state index contributed by atoms with van der Waals surface area (Å²) in [6, 6.07) is 22.4. The Balaban J connectivity index is 0.000000838. The monoisotopic (exact) mass is 620 g/mol. The van der Waals surface area contributed by atoms with E-state index in [1.54, 1.807) is 14.2 Å². The molecule has 2 N–H and O–H groups in total. The number of carbonyl (C=O) groups is 3. The molecule has 0 bridgehead atoms. The Bertz CT molecular complexity index is 1450. The lowest BCUT2D eigenvalue weighted by atomic mass is 9.69. The summed E-state index contributed by atoms with van der Waals surface area (Å²) in [4.78, 5) is 36.1. The van der Waals surface area contributed by atoms with Crippen molar-refractivity contribution in [2.24, 2.45) is 0 Å². The van der Waals surface area contributed by atoms with Gasteiger partial charge in [-0.1, -0.05) is 49.4 Å². The van der Waals surface area contributed by atoms with Gasteiger partial charge < -0.3 is 34.2 Å². The van der Waals surface area contributed by atoms with E-state index in [-0.39, 0.29) is 5.91 Å². The van der Waals surface area contributed by atoms with Gasteiger partial charge in [-0.25, -0.2) is 9.59 Å². The largest absolute Gasteiger partial charge is 0.493 e. The molecule has 1 amide bonds. The number of rotatable bonds is 13. The molecule has 3 aromatic carbocycles. The lowest BCUT2D eigenvalue weighted by Gasteiger charge is -2.41. The molecule has 242 valence electrons. The predicted octanol–water partition coefficient (Wildman–Crippen LogP) is 5.06. The van der Waals surface area contributed by atoms with E-state index in [0.717, 1.165) is 67.3 Å². The summed E-state index contributed by atoms with van der Waals surface area (Å²) >= 11 is 0. The van der Waals surface area contributed by atoms with Crippen molar-refractivity contribution in [1.29, 1.82) is 0 Å². The second-order valence-electron chi connectivity index (χ2n) is 11.0. The number of anilines is 1. The van der Waals surface area contributed by atoms with Crippen LogP contribution in [0.5, 0.6) is 17.2 Å². The molecule has 0 aromatic heterocycles. The van der Waals surface area contributed by atoms with Crippen molar-refractivity contribution in [1.82, 2.24) is 4.90 Å². The van der Waals surface area contributed by atoms with E-state index < -0.39 is 17.4 Å². The van der Waals surface area contributed by atoms with E-state index in [2.05, 4.69) is 49.2 Å². The molecule has 1 aliphatic rings. The molecule has 10 nitrogen and oxygen atoms in total. The number of para-hydroxylation sites is 2. The summed E-state index contributed by atoms with van der Waals surface area (Å²) in [7, 11) is 7.37. The van der Waals surface area contributed by atoms with Crippen molar-refractivity contribution in [2.45, 2.75) is 44.4 Å². The third kappa shape index (κ3) is 8.76. The summed E-state index contributed by atoms with van der Waals surface area (Å²) in [6.45, 7) is 4.70. The third-order valence-corrected chi connectivity index (χ3v) is 8.17. The smallest absolute Gasteiger partial charge is 0.414 e. The Morgan fingerprint density at radius 1 is 0.889 bits per heavy atom. The van der Waals surface area contributed by atoms with Crippen LogP contribution in [0.1, 0.15) is 42.9 Å². The van der Waals surface area contributed by atoms with Crippen molar-refractivity contribution in [3.63, 3.8) is 0 Å². The maximum Gasteiger partial charge on any atom is 0.414 e. The molecule has 0 saturated carbocycles. The van der Waals surface area contributed by atoms with Gasteiger partial charge in [-0.15, -0.1) is 0 Å². The van der Waals surface area contributed by atoms with Gasteiger partial charge in [0, 0.05) is 24.8 Å². The number of unbranched alkanes of at least 4 members (excludes halogenated alkanes) is 1. The normalized spacial score (nSPS) is 15.5. The van der Waals surface area contributed by atoms with Crippen molar-refractivity contribution in [3.8, 4) is 17.2 Å². The van der Waals surface area contributed by atoms with Crippen LogP contribution in [-0.2, 0) is 32.6 Å². The highest BCUT2D eigenvalue weighted by molar-refractivity contribution is 6.27. The van der Waals surface area contributed by atoms with Crippen molar-refractivity contribution >= 4 is 23.5 Å². The first-order valence-corrected chi connectivity index (χ1v) is 15.0. The van der Waals surface area contributed by atoms with Crippen LogP contribution in [0.15, 0.2) is 66.7 Å². The molecule has 0 spiro atoms. The van der Waals surface area contributed by atoms with Crippen LogP contribution in [0.3, 0.4) is 0 Å². The number of carbonyl (C=O) groups excluding carboxylic acids is 1. The Kier molecular flexibility index (Phi) is 12.8. The van der Waals surface area contributed by atoms with Crippen molar-refractivity contribution < 1.29 is 38.8 Å². The van der Waals surface area contributed by atoms with E-state index in [0.29, 0.717) is 13.0 Å². The van der Waals surface area contributed by atoms with Gasteiger partial charge in [0.15, 0.2) is 11.5 Å². The standard InChI is InChI=1S/C33H42N2O4.C2H2O4/c1-6-33(24-26-13-7-9-15-28(26)35(3)32(33)36)27-14-8-10-16-29(27)39-22-12-11-20-34(2)21-19-25-17-18-30(37-4)31(23-25)38-5;3-1(4)2(5)6/h7-10,13-18,23H,6,11-12,19-22,24H2,1-5H3;(H,3,4)(H,5,6). The fourth-order valence-corrected chi connectivity index (χ4v) is 5.62. The zero-order valence-corrected chi connectivity index (χ0v) is 26.7. The second kappa shape index (κ2) is 16.5. The zero-order valence-electron chi connectivity index (χ0n) is 26.7. The molecule has 0 fully saturated rings. The molecule has 4 rings (SSSR count). The fraction of sp³-hybridized carbons (Fsp3) is 0.400. The number of hydrogen-bond acceptors (Lipinski definition) is 7. The van der Waals surface area contributed by atoms with E-state index in [4.69, 9.17) is 34.0 Å². The first-order valence-electron chi connectivity index (χ1n) is 15.0. The van der Waals surface area contributed by atoms with Crippen LogP contribution in [-0.4, -0.2) is 81.0 Å². The molecule has 45 heavy (non-hydrogen) atoms. The lowest BCUT2D eigenvalue weighted by molar-refractivity contribution is -0.159. The molecule has 1 heterocycles. The number of ether oxygens (including phenoxy) is 3. The topological polar surface area (TPSA) is 126 Å². The minimum absolute atomic E-state index is 0.135. The molecule has 1 aliphatic heterocycles. The summed E-state index contributed by atoms with van der Waals surface area (Å²) in [5.74, 6) is -1.17. The number of aliphatic carboxylic acids is 2. The summed E-state index contributed by atoms with van der Waals surface area (Å²) in [5.41, 5.74) is 3.80. The number of amides is 1. The van der Waals surface area contributed by atoms with Gasteiger partial charge in [-0.2, -0.15) is 0 Å². The number of carboxylic acids is 2. The third-order valence-electron chi connectivity index (χ3n) is 8.17. The molecular weight excluding hydrogens is 576 g/mol. The summed E-state index contributed by atoms with van der Waals surface area (Å²) in [5, 5.41) is 14.8. The van der Waals surface area contributed by atoms with Gasteiger partial charge in [0.1, 0.15) is 5.75 Å². The van der Waals surface area contributed by atoms with Crippen LogP contribution < -0.4 is 19.1 Å². The van der Waals surface area contributed by atoms with Gasteiger partial charge in [-0.05, 0) is 81.1 Å². The number of hydrogen-bond donors (Lipinski definition) is 2. The van der Waals surface area contributed by atoms with Crippen LogP contribution in [0.4, 0.5) is 5.69 Å². The second-order valence-corrected chi connectivity index (χ2v) is 11.0. The number of likely N-dealkylation sites (N-methyl/N-ethyl adjacent to an activating group) is 2. The summed E-state index contributed by atoms with van der Waals surface area (Å²) in [6.07, 6.45) is 4.35. The van der Waals surface area contributed by atoms with Crippen LogP contribution in [0.25, 0.3) is 0 Å². The van der Waals surface area contributed by atoms with Gasteiger partial charge >= 0.3 is 11.9 Å². The summed E-state index contributed by atoms with van der Waals surface area (Å²) < 4.78 is 17.1. The molecule has 10 heteroatoms. The van der Waals surface area contributed by atoms with E-state index in [1.165, 1.54) is 11.1 Å². The Morgan fingerprint density at radius 2 is 1.56 bits per heavy atom. The van der Waals surface area contributed by atoms with Crippen LogP contribution in [0, 0.1) is 0 Å². The average molecular weight is 621 g/mol. The molecule has 0 aliphatic carbocycles. The number of benzene rings is 3. The quantitative estimate of drug-likeness (QED) is 0.199. The average Bonchev–Trinajstić information content (AvgIpc) is 3.05. The van der Waals surface area contributed by atoms with E-state index in [1.807, 2.05) is 48.3 Å². The highest BCUT2D eigenvalue weighted by Gasteiger charge is 2.46. The molecule has 1 unspecified atom stereocenters. The Hall–Kier alpha value is -4.57. The minimum atomic E-state index is -1.82. The highest BCUT2D eigenvalue weighted by atomic mass is 16.5. The van der Waals surface area contributed by atoms with E-state index >= 15 is 0 Å². The lowest BCUT2D eigenvalue weighted by Crippen LogP contribution is -2.50. The number of methoxy groups -OCH3 is 2. The Labute approximate surface area is 265 Å². The van der Waals surface area contributed by atoms with Crippen LogP contribution >= 0.6 is 0 Å². The predicted molar refractivity (Wildman–Crippen MR) is 173 cm³/mol. The number of fused-ring (bicyclic) bond motifs is 1. The number of carboxylic acid groups (broad SMARTS) is 2. The molecule has 0 saturated heterocycles. The number of nitrogens with zero attached hydrogens (tertiary/aromatic N) is 2. The fourth-order valence-electron chi connectivity index (χ4n) is 5.62. The van der Waals surface area contributed by atoms with Gasteiger partial charge in [-0.3, -0.25) is 4.79 Å². The van der Waals surface area contributed by atoms with Crippen molar-refractivity contribution in [3.05, 3.63) is 83.4 Å². The SMILES string of the molecule is CCC1(c2ccccc2OCCCCN(C)CCc2ccc(OC)c(OC)c2)Cc2ccccc2N(C)C1=O.O=C(O)C(=O)O. The van der Waals surface area contributed by atoms with Gasteiger partial charge in [0.25, 0.3) is 0 Å². The zero-order chi connectivity index (χ0) is 33.0. The maximum atomic E-state index is 13.7. The van der Waals surface area contributed by atoms with Crippen LogP contribution in [0.2, 0.25) is 0 Å². The maximum absolute atomic E-state index is 13.7. The molecule has 0 radical (unpaired) electrons. The van der Waals surface area contributed by atoms with Crippen molar-refractivity contribution in [2.75, 3.05) is 52.9 Å². The first-order chi connectivity index (χ1) is 21.6. The van der Waals surface area contributed by atoms with Gasteiger partial charge in [0.2, 0.25) is 5.91 Å². The molecular formula is C35H44N2O8. The first kappa shape index (κ1) is 34.9. The molecule has 1 atom stereocenters.